The Morgan fingerprint density at radius 1 is 1.57 bits per heavy atom. The summed E-state index contributed by atoms with van der Waals surface area (Å²) in [5.41, 5.74) is 0. The molecule has 0 spiro atoms. The molecule has 1 heterocycles. The second-order valence-electron chi connectivity index (χ2n) is 3.18. The van der Waals surface area contributed by atoms with Crippen molar-refractivity contribution in [2.75, 3.05) is 32.4 Å². The first-order valence-corrected chi connectivity index (χ1v) is 6.05. The smallest absolute Gasteiger partial charge is 0.183 e. The van der Waals surface area contributed by atoms with Crippen LogP contribution in [-0.2, 0) is 0 Å². The van der Waals surface area contributed by atoms with Crippen LogP contribution in [-0.4, -0.2) is 42.5 Å². The molecule has 1 fully saturated rings. The number of nitrogens with zero attached hydrogens (tertiary/aromatic N) is 3. The molecule has 0 unspecified atom stereocenters. The standard InChI is InChI=1S/C9H16N4S/c1-14-9(12-8-10)11-4-7-13-5-2-3-6-13/h2-7H2,1H3,(H,11,12). The van der Waals surface area contributed by atoms with Crippen LogP contribution in [0.2, 0.25) is 0 Å². The van der Waals surface area contributed by atoms with Crippen molar-refractivity contribution < 1.29 is 0 Å². The Morgan fingerprint density at radius 3 is 2.86 bits per heavy atom. The zero-order chi connectivity index (χ0) is 10.2. The minimum Gasteiger partial charge on any atom is -0.301 e. The number of rotatable bonds is 3. The molecule has 78 valence electrons. The second kappa shape index (κ2) is 6.68. The van der Waals surface area contributed by atoms with E-state index < -0.39 is 0 Å². The summed E-state index contributed by atoms with van der Waals surface area (Å²) in [4.78, 5) is 6.71. The molecule has 0 aliphatic carbocycles. The highest BCUT2D eigenvalue weighted by atomic mass is 32.2. The largest absolute Gasteiger partial charge is 0.301 e. The number of nitriles is 1. The minimum absolute atomic E-state index is 0.715. The number of likely N-dealkylation sites (tertiary alicyclic amines) is 1. The normalized spacial score (nSPS) is 18.1. The molecule has 0 amide bonds. The molecule has 1 N–H and O–H groups in total. The summed E-state index contributed by atoms with van der Waals surface area (Å²) in [6.07, 6.45) is 6.43. The Kier molecular flexibility index (Phi) is 5.42. The van der Waals surface area contributed by atoms with Gasteiger partial charge in [0.1, 0.15) is 0 Å². The van der Waals surface area contributed by atoms with Gasteiger partial charge in [0.15, 0.2) is 11.4 Å². The first-order chi connectivity index (χ1) is 6.86. The zero-order valence-corrected chi connectivity index (χ0v) is 9.31. The van der Waals surface area contributed by atoms with Gasteiger partial charge in [0.2, 0.25) is 0 Å². The topological polar surface area (TPSA) is 51.4 Å². The molecule has 0 saturated carbocycles. The van der Waals surface area contributed by atoms with Gasteiger partial charge in [-0.25, -0.2) is 0 Å². The van der Waals surface area contributed by atoms with Crippen LogP contribution < -0.4 is 5.32 Å². The van der Waals surface area contributed by atoms with E-state index in [1.807, 2.05) is 12.4 Å². The van der Waals surface area contributed by atoms with Crippen LogP contribution in [0.3, 0.4) is 0 Å². The third kappa shape index (κ3) is 3.99. The first-order valence-electron chi connectivity index (χ1n) is 4.82. The lowest BCUT2D eigenvalue weighted by Gasteiger charge is -2.12. The number of thioether (sulfide) groups is 1. The van der Waals surface area contributed by atoms with Gasteiger partial charge in [-0.2, -0.15) is 5.26 Å². The van der Waals surface area contributed by atoms with Crippen LogP contribution in [0, 0.1) is 11.5 Å². The maximum absolute atomic E-state index is 8.41. The van der Waals surface area contributed by atoms with Crippen molar-refractivity contribution >= 4 is 16.9 Å². The van der Waals surface area contributed by atoms with Crippen LogP contribution in [0.5, 0.6) is 0 Å². The lowest BCUT2D eigenvalue weighted by atomic mass is 10.4. The Balaban J connectivity index is 2.19. The quantitative estimate of drug-likeness (QED) is 0.326. The van der Waals surface area contributed by atoms with E-state index in [2.05, 4.69) is 15.2 Å². The lowest BCUT2D eigenvalue weighted by Crippen LogP contribution is -2.23. The average molecular weight is 212 g/mol. The molecule has 1 rings (SSSR count). The van der Waals surface area contributed by atoms with Gasteiger partial charge < -0.3 is 4.90 Å². The number of hydrogen-bond donors (Lipinski definition) is 1. The van der Waals surface area contributed by atoms with Gasteiger partial charge >= 0.3 is 0 Å². The van der Waals surface area contributed by atoms with Crippen LogP contribution in [0.25, 0.3) is 0 Å². The van der Waals surface area contributed by atoms with E-state index in [0.717, 1.165) is 13.1 Å². The Bertz CT molecular complexity index is 227. The predicted octanol–water partition coefficient (Wildman–Crippen LogP) is 0.872. The third-order valence-corrected chi connectivity index (χ3v) is 2.84. The Labute approximate surface area is 89.4 Å². The second-order valence-corrected chi connectivity index (χ2v) is 3.97. The molecule has 1 aliphatic rings. The Morgan fingerprint density at radius 2 is 2.29 bits per heavy atom. The number of aliphatic imine (C=N–C) groups is 1. The van der Waals surface area contributed by atoms with Gasteiger partial charge in [-0.15, -0.1) is 0 Å². The molecule has 0 atom stereocenters. The van der Waals surface area contributed by atoms with Crippen molar-refractivity contribution in [3.63, 3.8) is 0 Å². The zero-order valence-electron chi connectivity index (χ0n) is 8.49. The summed E-state index contributed by atoms with van der Waals surface area (Å²) < 4.78 is 0. The van der Waals surface area contributed by atoms with Crippen LogP contribution in [0.1, 0.15) is 12.8 Å². The highest BCUT2D eigenvalue weighted by Gasteiger charge is 2.09. The summed E-state index contributed by atoms with van der Waals surface area (Å²) in [7, 11) is 0. The van der Waals surface area contributed by atoms with Gasteiger partial charge in [-0.05, 0) is 32.2 Å². The molecule has 4 nitrogen and oxygen atoms in total. The monoisotopic (exact) mass is 212 g/mol. The van der Waals surface area contributed by atoms with Crippen molar-refractivity contribution in [3.05, 3.63) is 0 Å². The van der Waals surface area contributed by atoms with E-state index >= 15 is 0 Å². The summed E-state index contributed by atoms with van der Waals surface area (Å²) >= 11 is 1.47. The van der Waals surface area contributed by atoms with E-state index in [1.165, 1.54) is 37.7 Å². The predicted molar refractivity (Wildman–Crippen MR) is 60.2 cm³/mol. The van der Waals surface area contributed by atoms with Crippen LogP contribution in [0.4, 0.5) is 0 Å². The van der Waals surface area contributed by atoms with Crippen LogP contribution >= 0.6 is 11.8 Å². The molecule has 1 aliphatic heterocycles. The van der Waals surface area contributed by atoms with Crippen molar-refractivity contribution in [2.45, 2.75) is 12.8 Å². The Hall–Kier alpha value is -0.730. The fourth-order valence-electron chi connectivity index (χ4n) is 1.50. The SMILES string of the molecule is CSC(=NCCN1CCCC1)NC#N. The first kappa shape index (κ1) is 11.3. The van der Waals surface area contributed by atoms with Crippen molar-refractivity contribution in [3.8, 4) is 6.19 Å². The van der Waals surface area contributed by atoms with E-state index in [4.69, 9.17) is 5.26 Å². The minimum atomic E-state index is 0.715. The molecular formula is C9H16N4S. The summed E-state index contributed by atoms with van der Waals surface area (Å²) in [6.45, 7) is 4.20. The fraction of sp³-hybridized carbons (Fsp3) is 0.778. The molecule has 0 aromatic heterocycles. The van der Waals surface area contributed by atoms with Crippen molar-refractivity contribution in [1.82, 2.24) is 10.2 Å². The highest BCUT2D eigenvalue weighted by Crippen LogP contribution is 2.06. The lowest BCUT2D eigenvalue weighted by molar-refractivity contribution is 0.349. The van der Waals surface area contributed by atoms with E-state index in [0.29, 0.717) is 5.17 Å². The molecule has 5 heteroatoms. The van der Waals surface area contributed by atoms with Crippen molar-refractivity contribution in [1.29, 1.82) is 5.26 Å². The summed E-state index contributed by atoms with van der Waals surface area (Å²) in [6, 6.07) is 0. The number of nitrogens with one attached hydrogen (secondary N) is 1. The van der Waals surface area contributed by atoms with Gasteiger partial charge in [0, 0.05) is 6.54 Å². The van der Waals surface area contributed by atoms with Crippen molar-refractivity contribution in [2.24, 2.45) is 4.99 Å². The van der Waals surface area contributed by atoms with Gasteiger partial charge in [0.25, 0.3) is 0 Å². The highest BCUT2D eigenvalue weighted by molar-refractivity contribution is 8.13. The van der Waals surface area contributed by atoms with Crippen LogP contribution in [0.15, 0.2) is 4.99 Å². The van der Waals surface area contributed by atoms with Gasteiger partial charge in [-0.1, -0.05) is 11.8 Å². The molecule has 0 radical (unpaired) electrons. The maximum Gasteiger partial charge on any atom is 0.183 e. The molecule has 0 aromatic carbocycles. The molecule has 0 bridgehead atoms. The summed E-state index contributed by atoms with van der Waals surface area (Å²) in [5.74, 6) is 0. The van der Waals surface area contributed by atoms with Gasteiger partial charge in [-0.3, -0.25) is 10.3 Å². The molecule has 14 heavy (non-hydrogen) atoms. The molecular weight excluding hydrogens is 196 g/mol. The summed E-state index contributed by atoms with van der Waals surface area (Å²) in [5, 5.41) is 11.7. The molecule has 0 aromatic rings. The van der Waals surface area contributed by atoms with E-state index in [-0.39, 0.29) is 0 Å². The van der Waals surface area contributed by atoms with E-state index in [1.54, 1.807) is 0 Å². The van der Waals surface area contributed by atoms with E-state index in [9.17, 15) is 0 Å². The average Bonchev–Trinajstić information content (AvgIpc) is 2.69. The van der Waals surface area contributed by atoms with Gasteiger partial charge in [0.05, 0.1) is 6.54 Å². The fourth-order valence-corrected chi connectivity index (χ4v) is 1.87. The molecule has 1 saturated heterocycles. The third-order valence-electron chi connectivity index (χ3n) is 2.23. The maximum atomic E-state index is 8.41. The number of amidine groups is 1. The number of hydrogen-bond acceptors (Lipinski definition) is 4.